The molecule has 4 N–H and O–H groups in total. The molecule has 0 amide bonds. The number of Topliss-reactive ketones (excluding diaryl/α,β-unsaturated/α-hetero) is 1. The molecule has 1 saturated heterocycles. The fourth-order valence-corrected chi connectivity index (χ4v) is 6.10. The van der Waals surface area contributed by atoms with Gasteiger partial charge < -0.3 is 25.2 Å². The number of carbonyl (C=O) groups excluding carboxylic acids is 1. The Labute approximate surface area is 154 Å². The second-order valence-electron chi connectivity index (χ2n) is 9.60. The molecular weight excluding hydrogens is 336 g/mol. The SMILES string of the molecule is C=C[C@@]1(C)CC(=O)[C@]2(O)[C@@]3(C)[C@@H](O)CCC(C)(C)[C@@H]3[C@H](O)[C](O)[C@@]2(C)O1. The van der Waals surface area contributed by atoms with Crippen molar-refractivity contribution in [1.29, 1.82) is 0 Å². The zero-order valence-electron chi connectivity index (χ0n) is 16.2. The van der Waals surface area contributed by atoms with Gasteiger partial charge in [-0.1, -0.05) is 26.8 Å². The molecule has 2 aliphatic carbocycles. The van der Waals surface area contributed by atoms with Crippen molar-refractivity contribution in [3.8, 4) is 0 Å². The summed E-state index contributed by atoms with van der Waals surface area (Å²) >= 11 is 0. The molecule has 2 saturated carbocycles. The van der Waals surface area contributed by atoms with E-state index in [-0.39, 0.29) is 6.42 Å². The maximum absolute atomic E-state index is 13.3. The van der Waals surface area contributed by atoms with E-state index in [2.05, 4.69) is 6.58 Å². The monoisotopic (exact) mass is 367 g/mol. The lowest BCUT2D eigenvalue weighted by Gasteiger charge is -2.70. The summed E-state index contributed by atoms with van der Waals surface area (Å²) in [5.41, 5.74) is -7.01. The Hall–Kier alpha value is -0.790. The van der Waals surface area contributed by atoms with Gasteiger partial charge in [0.15, 0.2) is 17.5 Å². The van der Waals surface area contributed by atoms with Gasteiger partial charge in [-0.05, 0) is 32.1 Å². The maximum Gasteiger partial charge on any atom is 0.171 e. The highest BCUT2D eigenvalue weighted by Crippen LogP contribution is 2.67. The maximum atomic E-state index is 13.3. The topological polar surface area (TPSA) is 107 Å². The highest BCUT2D eigenvalue weighted by molar-refractivity contribution is 5.92. The molecular formula is C20H31O6. The molecule has 7 atom stereocenters. The van der Waals surface area contributed by atoms with Gasteiger partial charge in [0.25, 0.3) is 0 Å². The first kappa shape index (κ1) is 20.0. The minimum atomic E-state index is -2.17. The van der Waals surface area contributed by atoms with Crippen LogP contribution in [0.25, 0.3) is 0 Å². The van der Waals surface area contributed by atoms with Crippen LogP contribution in [-0.2, 0) is 9.53 Å². The van der Waals surface area contributed by atoms with Gasteiger partial charge >= 0.3 is 0 Å². The first-order chi connectivity index (χ1) is 11.7. The average molecular weight is 367 g/mol. The van der Waals surface area contributed by atoms with Crippen molar-refractivity contribution in [1.82, 2.24) is 0 Å². The third kappa shape index (κ3) is 2.02. The standard InChI is InChI=1S/C20H31O6/c1-7-17(4)10-12(22)20(25)18(5)11(21)8-9-16(2,3)14(18)13(23)15(24)19(20,6)26-17/h7,11,13-14,21,23-25H,1,8-10H2,2-6H3/t11-,13-,14-,17-,18-,19+,20-/m0/s1. The van der Waals surface area contributed by atoms with Gasteiger partial charge in [-0.25, -0.2) is 0 Å². The summed E-state index contributed by atoms with van der Waals surface area (Å²) < 4.78 is 6.05. The van der Waals surface area contributed by atoms with E-state index in [4.69, 9.17) is 4.74 Å². The molecule has 0 aromatic carbocycles. The summed E-state index contributed by atoms with van der Waals surface area (Å²) in [6.45, 7) is 12.2. The third-order valence-corrected chi connectivity index (χ3v) is 7.58. The molecule has 6 nitrogen and oxygen atoms in total. The number of rotatable bonds is 1. The van der Waals surface area contributed by atoms with Gasteiger partial charge in [0, 0.05) is 17.8 Å². The Morgan fingerprint density at radius 3 is 2.31 bits per heavy atom. The van der Waals surface area contributed by atoms with Crippen molar-refractivity contribution < 1.29 is 30.0 Å². The Bertz CT molecular complexity index is 646. The molecule has 3 rings (SSSR count). The van der Waals surface area contributed by atoms with Gasteiger partial charge in [0.2, 0.25) is 0 Å². The van der Waals surface area contributed by atoms with Crippen LogP contribution in [0, 0.1) is 22.9 Å². The van der Waals surface area contributed by atoms with Crippen LogP contribution in [0.1, 0.15) is 53.9 Å². The molecule has 3 fully saturated rings. The zero-order valence-corrected chi connectivity index (χ0v) is 16.2. The van der Waals surface area contributed by atoms with Crippen molar-refractivity contribution in [3.05, 3.63) is 18.8 Å². The number of ketones is 1. The summed E-state index contributed by atoms with van der Waals surface area (Å²) in [4.78, 5) is 13.3. The van der Waals surface area contributed by atoms with E-state index >= 15 is 0 Å². The van der Waals surface area contributed by atoms with Crippen LogP contribution in [0.5, 0.6) is 0 Å². The number of carbonyl (C=O) groups is 1. The summed E-state index contributed by atoms with van der Waals surface area (Å²) in [5.74, 6) is -1.23. The molecule has 147 valence electrons. The fraction of sp³-hybridized carbons (Fsp3) is 0.800. The average Bonchev–Trinajstić information content (AvgIpc) is 2.54. The molecule has 0 aromatic heterocycles. The summed E-state index contributed by atoms with van der Waals surface area (Å²) in [6.07, 6.45) is -0.496. The van der Waals surface area contributed by atoms with Crippen LogP contribution in [-0.4, -0.2) is 55.2 Å². The largest absolute Gasteiger partial charge is 0.392 e. The lowest BCUT2D eigenvalue weighted by atomic mass is 9.40. The van der Waals surface area contributed by atoms with Crippen LogP contribution in [0.3, 0.4) is 0 Å². The van der Waals surface area contributed by atoms with E-state index in [1.54, 1.807) is 13.8 Å². The minimum absolute atomic E-state index is 0.124. The Morgan fingerprint density at radius 1 is 1.19 bits per heavy atom. The predicted octanol–water partition coefficient (Wildman–Crippen LogP) is 1.49. The quantitative estimate of drug-likeness (QED) is 0.523. The van der Waals surface area contributed by atoms with Crippen molar-refractivity contribution in [2.24, 2.45) is 16.7 Å². The first-order valence-corrected chi connectivity index (χ1v) is 9.23. The van der Waals surface area contributed by atoms with Gasteiger partial charge in [0.05, 0.1) is 17.8 Å². The van der Waals surface area contributed by atoms with Crippen molar-refractivity contribution in [3.63, 3.8) is 0 Å². The Balaban J connectivity index is 2.29. The van der Waals surface area contributed by atoms with Crippen molar-refractivity contribution >= 4 is 5.78 Å². The van der Waals surface area contributed by atoms with E-state index < -0.39 is 57.6 Å². The number of hydrogen-bond acceptors (Lipinski definition) is 6. The zero-order chi connectivity index (χ0) is 19.9. The summed E-state index contributed by atoms with van der Waals surface area (Å²) in [5, 5.41) is 44.7. The van der Waals surface area contributed by atoms with Crippen LogP contribution < -0.4 is 0 Å². The molecule has 1 aliphatic heterocycles. The lowest BCUT2D eigenvalue weighted by molar-refractivity contribution is -0.345. The number of aliphatic hydroxyl groups excluding tert-OH is 3. The summed E-state index contributed by atoms with van der Waals surface area (Å²) in [6, 6.07) is 0. The van der Waals surface area contributed by atoms with Crippen LogP contribution >= 0.6 is 0 Å². The number of aliphatic hydroxyl groups is 4. The van der Waals surface area contributed by atoms with Crippen molar-refractivity contribution in [2.45, 2.75) is 82.9 Å². The van der Waals surface area contributed by atoms with E-state index in [0.29, 0.717) is 12.8 Å². The highest BCUT2D eigenvalue weighted by atomic mass is 16.6. The Kier molecular flexibility index (Phi) is 4.13. The second-order valence-corrected chi connectivity index (χ2v) is 9.60. The van der Waals surface area contributed by atoms with Gasteiger partial charge in [0.1, 0.15) is 5.60 Å². The number of fused-ring (bicyclic) bond motifs is 3. The molecule has 1 heterocycles. The predicted molar refractivity (Wildman–Crippen MR) is 94.5 cm³/mol. The number of ether oxygens (including phenoxy) is 1. The number of hydrogen-bond donors (Lipinski definition) is 4. The molecule has 1 radical (unpaired) electrons. The molecule has 0 aromatic rings. The second kappa shape index (κ2) is 5.39. The van der Waals surface area contributed by atoms with Gasteiger partial charge in [-0.2, -0.15) is 0 Å². The first-order valence-electron chi connectivity index (χ1n) is 9.23. The highest BCUT2D eigenvalue weighted by Gasteiger charge is 2.80. The van der Waals surface area contributed by atoms with E-state index in [0.717, 1.165) is 0 Å². The Morgan fingerprint density at radius 2 is 1.77 bits per heavy atom. The normalized spacial score (nSPS) is 54.3. The fourth-order valence-electron chi connectivity index (χ4n) is 6.10. The summed E-state index contributed by atoms with van der Waals surface area (Å²) in [7, 11) is 0. The van der Waals surface area contributed by atoms with Crippen LogP contribution in [0.4, 0.5) is 0 Å². The minimum Gasteiger partial charge on any atom is -0.392 e. The molecule has 26 heavy (non-hydrogen) atoms. The van der Waals surface area contributed by atoms with E-state index in [9.17, 15) is 25.2 Å². The van der Waals surface area contributed by atoms with Gasteiger partial charge in [-0.15, -0.1) is 6.58 Å². The van der Waals surface area contributed by atoms with Crippen molar-refractivity contribution in [2.75, 3.05) is 0 Å². The lowest BCUT2D eigenvalue weighted by Crippen LogP contribution is -2.84. The van der Waals surface area contributed by atoms with Gasteiger partial charge in [-0.3, -0.25) is 4.79 Å². The molecule has 6 heteroatoms. The molecule has 0 spiro atoms. The third-order valence-electron chi connectivity index (χ3n) is 7.58. The van der Waals surface area contributed by atoms with E-state index in [1.165, 1.54) is 13.0 Å². The smallest absolute Gasteiger partial charge is 0.171 e. The van der Waals surface area contributed by atoms with Crippen LogP contribution in [0.2, 0.25) is 0 Å². The van der Waals surface area contributed by atoms with Crippen LogP contribution in [0.15, 0.2) is 12.7 Å². The molecule has 3 aliphatic rings. The van der Waals surface area contributed by atoms with E-state index in [1.807, 2.05) is 13.8 Å². The molecule has 0 bridgehead atoms. The molecule has 0 unspecified atom stereocenters.